The molecule has 4 unspecified atom stereocenters. The lowest BCUT2D eigenvalue weighted by molar-refractivity contribution is -0.156. The Kier molecular flexibility index (Phi) is 7.12. The molecule has 2 rings (SSSR count). The second-order valence-corrected chi connectivity index (χ2v) is 7.97. The van der Waals surface area contributed by atoms with Gasteiger partial charge in [0.15, 0.2) is 11.5 Å². The first-order valence-corrected chi connectivity index (χ1v) is 9.64. The van der Waals surface area contributed by atoms with Crippen molar-refractivity contribution in [3.63, 3.8) is 0 Å². The van der Waals surface area contributed by atoms with E-state index in [0.717, 1.165) is 12.8 Å². The van der Waals surface area contributed by atoms with Gasteiger partial charge in [0.25, 0.3) is 5.91 Å². The summed E-state index contributed by atoms with van der Waals surface area (Å²) in [5.41, 5.74) is -0.870. The fraction of sp³-hybridized carbons (Fsp3) is 0.667. The second kappa shape index (κ2) is 8.93. The lowest BCUT2D eigenvalue weighted by Crippen LogP contribution is -2.56. The van der Waals surface area contributed by atoms with Crippen LogP contribution in [0.5, 0.6) is 11.5 Å². The summed E-state index contributed by atoms with van der Waals surface area (Å²) in [7, 11) is 3.04. The van der Waals surface area contributed by atoms with Crippen molar-refractivity contribution in [1.29, 1.82) is 0 Å². The maximum absolute atomic E-state index is 12.9. The standard InChI is InChI=1S/C21H33NO5/c1-13(2)16-10-9-14(3)11-21(16,25)20(24)22-12-17(23)15-7-6-8-18(26-4)19(15)27-5/h6-8,13-14,16-17,23,25H,9-12H2,1-5H3,(H,22,24). The molecule has 1 aromatic carbocycles. The molecular formula is C21H33NO5. The maximum atomic E-state index is 12.9. The van der Waals surface area contributed by atoms with Crippen LogP contribution >= 0.6 is 0 Å². The number of benzene rings is 1. The molecule has 152 valence electrons. The third-order valence-corrected chi connectivity index (χ3v) is 5.69. The van der Waals surface area contributed by atoms with Crippen LogP contribution in [0.25, 0.3) is 0 Å². The zero-order valence-electron chi connectivity index (χ0n) is 17.0. The van der Waals surface area contributed by atoms with E-state index in [0.29, 0.717) is 29.4 Å². The molecule has 1 aliphatic carbocycles. The van der Waals surface area contributed by atoms with Gasteiger partial charge in [-0.25, -0.2) is 0 Å². The van der Waals surface area contributed by atoms with E-state index in [-0.39, 0.29) is 18.4 Å². The van der Waals surface area contributed by atoms with Crippen molar-refractivity contribution in [2.75, 3.05) is 20.8 Å². The second-order valence-electron chi connectivity index (χ2n) is 7.97. The van der Waals surface area contributed by atoms with Gasteiger partial charge in [-0.3, -0.25) is 4.79 Å². The highest BCUT2D eigenvalue weighted by Gasteiger charge is 2.48. The molecule has 6 nitrogen and oxygen atoms in total. The van der Waals surface area contributed by atoms with Gasteiger partial charge >= 0.3 is 0 Å². The van der Waals surface area contributed by atoms with Crippen molar-refractivity contribution >= 4 is 5.91 Å². The molecule has 1 amide bonds. The lowest BCUT2D eigenvalue weighted by Gasteiger charge is -2.43. The van der Waals surface area contributed by atoms with Gasteiger partial charge in [-0.05, 0) is 36.7 Å². The van der Waals surface area contributed by atoms with Crippen LogP contribution in [0, 0.1) is 17.8 Å². The van der Waals surface area contributed by atoms with E-state index in [9.17, 15) is 15.0 Å². The van der Waals surface area contributed by atoms with Crippen molar-refractivity contribution in [2.24, 2.45) is 17.8 Å². The predicted octanol–water partition coefficient (Wildman–Crippen LogP) is 2.68. The molecule has 0 aliphatic heterocycles. The van der Waals surface area contributed by atoms with Crippen LogP contribution < -0.4 is 14.8 Å². The number of carbonyl (C=O) groups excluding carboxylic acids is 1. The average molecular weight is 379 g/mol. The number of ether oxygens (including phenoxy) is 2. The van der Waals surface area contributed by atoms with Crippen LogP contribution in [0.1, 0.15) is 51.7 Å². The van der Waals surface area contributed by atoms with Crippen LogP contribution in [-0.2, 0) is 4.79 Å². The zero-order valence-corrected chi connectivity index (χ0v) is 17.0. The van der Waals surface area contributed by atoms with Crippen LogP contribution in [0.15, 0.2) is 18.2 Å². The van der Waals surface area contributed by atoms with E-state index in [1.165, 1.54) is 14.2 Å². The highest BCUT2D eigenvalue weighted by Crippen LogP contribution is 2.41. The molecule has 27 heavy (non-hydrogen) atoms. The van der Waals surface area contributed by atoms with Gasteiger partial charge in [0, 0.05) is 12.1 Å². The predicted molar refractivity (Wildman–Crippen MR) is 104 cm³/mol. The first-order valence-electron chi connectivity index (χ1n) is 9.64. The fourth-order valence-electron chi connectivity index (χ4n) is 4.26. The SMILES string of the molecule is COc1cccc(C(O)CNC(=O)C2(O)CC(C)CCC2C(C)C)c1OC. The van der Waals surface area contributed by atoms with Gasteiger partial charge in [0.2, 0.25) is 0 Å². The smallest absolute Gasteiger partial charge is 0.252 e. The van der Waals surface area contributed by atoms with E-state index in [4.69, 9.17) is 9.47 Å². The van der Waals surface area contributed by atoms with Crippen LogP contribution in [0.3, 0.4) is 0 Å². The summed E-state index contributed by atoms with van der Waals surface area (Å²) in [6.45, 7) is 6.12. The normalized spacial score (nSPS) is 26.5. The Morgan fingerprint density at radius 1 is 1.30 bits per heavy atom. The molecule has 0 aromatic heterocycles. The Bertz CT molecular complexity index is 647. The topological polar surface area (TPSA) is 88.0 Å². The molecule has 6 heteroatoms. The lowest BCUT2D eigenvalue weighted by atomic mass is 9.66. The van der Waals surface area contributed by atoms with Crippen LogP contribution in [0.2, 0.25) is 0 Å². The van der Waals surface area contributed by atoms with Crippen LogP contribution in [-0.4, -0.2) is 42.5 Å². The summed E-state index contributed by atoms with van der Waals surface area (Å²) in [6.07, 6.45) is 1.32. The average Bonchev–Trinajstić information content (AvgIpc) is 2.64. The third-order valence-electron chi connectivity index (χ3n) is 5.69. The van der Waals surface area contributed by atoms with Gasteiger partial charge in [-0.15, -0.1) is 0 Å². The Balaban J connectivity index is 2.12. The summed E-state index contributed by atoms with van der Waals surface area (Å²) in [6, 6.07) is 5.23. The summed E-state index contributed by atoms with van der Waals surface area (Å²) in [4.78, 5) is 12.9. The quantitative estimate of drug-likeness (QED) is 0.678. The molecule has 1 saturated carbocycles. The zero-order chi connectivity index (χ0) is 20.2. The van der Waals surface area contributed by atoms with Gasteiger partial charge in [-0.2, -0.15) is 0 Å². The van der Waals surface area contributed by atoms with Gasteiger partial charge in [0.1, 0.15) is 5.60 Å². The Hall–Kier alpha value is -1.79. The highest BCUT2D eigenvalue weighted by molar-refractivity contribution is 5.85. The molecule has 4 atom stereocenters. The number of amides is 1. The molecule has 0 spiro atoms. The van der Waals surface area contributed by atoms with E-state index in [2.05, 4.69) is 12.2 Å². The van der Waals surface area contributed by atoms with Crippen molar-refractivity contribution in [3.05, 3.63) is 23.8 Å². The van der Waals surface area contributed by atoms with Gasteiger partial charge in [-0.1, -0.05) is 39.3 Å². The summed E-state index contributed by atoms with van der Waals surface area (Å²) < 4.78 is 10.6. The first kappa shape index (κ1) is 21.5. The van der Waals surface area contributed by atoms with Crippen molar-refractivity contribution < 1.29 is 24.5 Å². The summed E-state index contributed by atoms with van der Waals surface area (Å²) in [5.74, 6) is 0.952. The molecule has 0 heterocycles. The number of hydrogen-bond donors (Lipinski definition) is 3. The first-order chi connectivity index (χ1) is 12.7. The summed E-state index contributed by atoms with van der Waals surface area (Å²) in [5, 5.41) is 24.5. The minimum Gasteiger partial charge on any atom is -0.493 e. The number of aliphatic hydroxyl groups is 2. The van der Waals surface area contributed by atoms with Crippen LogP contribution in [0.4, 0.5) is 0 Å². The molecule has 1 fully saturated rings. The van der Waals surface area contributed by atoms with E-state index in [1.807, 2.05) is 13.8 Å². The number of para-hydroxylation sites is 1. The molecule has 1 aromatic rings. The van der Waals surface area contributed by atoms with Gasteiger partial charge in [0.05, 0.1) is 20.3 Å². The molecule has 1 aliphatic rings. The van der Waals surface area contributed by atoms with Crippen molar-refractivity contribution in [2.45, 2.75) is 51.7 Å². The fourth-order valence-corrected chi connectivity index (χ4v) is 4.26. The van der Waals surface area contributed by atoms with E-state index >= 15 is 0 Å². The number of carbonyl (C=O) groups is 1. The van der Waals surface area contributed by atoms with E-state index in [1.54, 1.807) is 18.2 Å². The summed E-state index contributed by atoms with van der Waals surface area (Å²) >= 11 is 0. The molecule has 0 bridgehead atoms. The number of rotatable bonds is 7. The van der Waals surface area contributed by atoms with Gasteiger partial charge < -0.3 is 25.0 Å². The minimum atomic E-state index is -1.40. The molecular weight excluding hydrogens is 346 g/mol. The van der Waals surface area contributed by atoms with E-state index < -0.39 is 17.6 Å². The monoisotopic (exact) mass is 379 g/mol. The molecule has 0 radical (unpaired) electrons. The molecule has 3 N–H and O–H groups in total. The Labute approximate surface area is 161 Å². The van der Waals surface area contributed by atoms with Crippen molar-refractivity contribution in [1.82, 2.24) is 5.32 Å². The number of nitrogens with one attached hydrogen (secondary N) is 1. The minimum absolute atomic E-state index is 0.0101. The number of methoxy groups -OCH3 is 2. The number of hydrogen-bond acceptors (Lipinski definition) is 5. The third kappa shape index (κ3) is 4.55. The molecule has 0 saturated heterocycles. The maximum Gasteiger partial charge on any atom is 0.252 e. The number of aliphatic hydroxyl groups excluding tert-OH is 1. The highest BCUT2D eigenvalue weighted by atomic mass is 16.5. The largest absolute Gasteiger partial charge is 0.493 e. The Morgan fingerprint density at radius 3 is 2.59 bits per heavy atom. The Morgan fingerprint density at radius 2 is 2.00 bits per heavy atom. The van der Waals surface area contributed by atoms with Crippen molar-refractivity contribution in [3.8, 4) is 11.5 Å².